The third-order valence-electron chi connectivity index (χ3n) is 5.19. The monoisotopic (exact) mass is 521 g/mol. The summed E-state index contributed by atoms with van der Waals surface area (Å²) in [4.78, 5) is 14.6. The van der Waals surface area contributed by atoms with E-state index < -0.39 is 0 Å². The molecule has 1 aliphatic rings. The number of methoxy groups -OCH3 is 1. The van der Waals surface area contributed by atoms with E-state index in [9.17, 15) is 4.79 Å². The van der Waals surface area contributed by atoms with Gasteiger partial charge in [-0.2, -0.15) is 0 Å². The Bertz CT molecular complexity index is 1090. The molecule has 0 atom stereocenters. The number of carbonyl (C=O) groups excluding carboxylic acids is 1. The van der Waals surface area contributed by atoms with Crippen molar-refractivity contribution in [3.63, 3.8) is 0 Å². The first-order chi connectivity index (χ1) is 16.3. The highest BCUT2D eigenvalue weighted by Crippen LogP contribution is 2.39. The van der Waals surface area contributed by atoms with Gasteiger partial charge in [0.05, 0.1) is 30.3 Å². The number of hydrogen-bond donors (Lipinski definition) is 0. The highest BCUT2D eigenvalue weighted by atomic mass is 35.5. The average Bonchev–Trinajstić information content (AvgIpc) is 3.08. The maximum Gasteiger partial charge on any atom is 0.266 e. The van der Waals surface area contributed by atoms with Gasteiger partial charge in [0, 0.05) is 6.54 Å². The zero-order valence-electron chi connectivity index (χ0n) is 19.7. The van der Waals surface area contributed by atoms with Gasteiger partial charge in [-0.15, -0.1) is 0 Å². The lowest BCUT2D eigenvalue weighted by atomic mass is 10.1. The van der Waals surface area contributed by atoms with Gasteiger partial charge in [-0.05, 0) is 67.8 Å². The number of benzene rings is 2. The Kier molecular flexibility index (Phi) is 9.64. The van der Waals surface area contributed by atoms with E-state index in [0.29, 0.717) is 58.7 Å². The predicted molar refractivity (Wildman–Crippen MR) is 141 cm³/mol. The lowest BCUT2D eigenvalue weighted by Gasteiger charge is -2.14. The number of carbonyl (C=O) groups is 1. The molecule has 2 aromatic carbocycles. The van der Waals surface area contributed by atoms with Crippen molar-refractivity contribution in [1.82, 2.24) is 4.90 Å². The Labute approximate surface area is 215 Å². The van der Waals surface area contributed by atoms with Crippen molar-refractivity contribution in [2.24, 2.45) is 0 Å². The predicted octanol–water partition coefficient (Wildman–Crippen LogP) is 5.66. The SMILES string of the molecule is CCN1C(=O)/C(=C\c2cc(Cl)c(OCCOCCOc3ccc(C)c(C)c3)c(OC)c2)SC1=S. The van der Waals surface area contributed by atoms with E-state index in [1.165, 1.54) is 22.9 Å². The first-order valence-corrected chi connectivity index (χ1v) is 12.5. The van der Waals surface area contributed by atoms with E-state index in [1.54, 1.807) is 30.2 Å². The summed E-state index contributed by atoms with van der Waals surface area (Å²) in [5.74, 6) is 1.63. The Morgan fingerprint density at radius 3 is 2.44 bits per heavy atom. The third kappa shape index (κ3) is 6.66. The Hall–Kier alpha value is -2.26. The number of nitrogens with zero attached hydrogens (tertiary/aromatic N) is 1. The Balaban J connectivity index is 1.50. The minimum absolute atomic E-state index is 0.105. The number of likely N-dealkylation sites (N-methyl/N-ethyl adjacent to an activating group) is 1. The maximum absolute atomic E-state index is 12.5. The van der Waals surface area contributed by atoms with Crippen LogP contribution in [0.15, 0.2) is 35.2 Å². The van der Waals surface area contributed by atoms with Crippen LogP contribution in [-0.4, -0.2) is 55.2 Å². The van der Waals surface area contributed by atoms with Gasteiger partial charge in [-0.1, -0.05) is 41.6 Å². The van der Waals surface area contributed by atoms with Gasteiger partial charge >= 0.3 is 0 Å². The molecule has 2 aromatic rings. The second-order valence-corrected chi connectivity index (χ2v) is 9.60. The maximum atomic E-state index is 12.5. The normalized spacial score (nSPS) is 14.7. The zero-order valence-corrected chi connectivity index (χ0v) is 22.1. The van der Waals surface area contributed by atoms with Crippen LogP contribution >= 0.6 is 35.6 Å². The van der Waals surface area contributed by atoms with Crippen molar-refractivity contribution < 1.29 is 23.7 Å². The molecular weight excluding hydrogens is 494 g/mol. The third-order valence-corrected chi connectivity index (χ3v) is 6.85. The molecule has 0 aromatic heterocycles. The molecule has 1 heterocycles. The van der Waals surface area contributed by atoms with Gasteiger partial charge in [-0.3, -0.25) is 9.69 Å². The molecule has 0 N–H and O–H groups in total. The number of hydrogen-bond acceptors (Lipinski definition) is 7. The lowest BCUT2D eigenvalue weighted by molar-refractivity contribution is -0.121. The van der Waals surface area contributed by atoms with Crippen LogP contribution in [0.1, 0.15) is 23.6 Å². The van der Waals surface area contributed by atoms with E-state index in [-0.39, 0.29) is 5.91 Å². The van der Waals surface area contributed by atoms with Gasteiger partial charge in [0.25, 0.3) is 5.91 Å². The molecule has 0 saturated carbocycles. The summed E-state index contributed by atoms with van der Waals surface area (Å²) >= 11 is 13.0. The van der Waals surface area contributed by atoms with Crippen molar-refractivity contribution in [1.29, 1.82) is 0 Å². The largest absolute Gasteiger partial charge is 0.493 e. The fourth-order valence-electron chi connectivity index (χ4n) is 3.21. The standard InChI is InChI=1S/C25H28ClNO5S2/c1-5-27-24(28)22(34-25(27)33)15-18-13-20(26)23(21(14-18)29-4)32-11-9-30-8-10-31-19-7-6-16(2)17(3)12-19/h6-7,12-15H,5,8-11H2,1-4H3/b22-15+. The second-order valence-electron chi connectivity index (χ2n) is 7.52. The summed E-state index contributed by atoms with van der Waals surface area (Å²) in [5, 5.41) is 0.384. The smallest absolute Gasteiger partial charge is 0.266 e. The molecule has 0 bridgehead atoms. The van der Waals surface area contributed by atoms with Crippen molar-refractivity contribution in [2.45, 2.75) is 20.8 Å². The van der Waals surface area contributed by atoms with Crippen LogP contribution in [-0.2, 0) is 9.53 Å². The van der Waals surface area contributed by atoms with Crippen LogP contribution in [0.2, 0.25) is 5.02 Å². The van der Waals surface area contributed by atoms with Crippen LogP contribution in [0.3, 0.4) is 0 Å². The quantitative estimate of drug-likeness (QED) is 0.215. The molecule has 34 heavy (non-hydrogen) atoms. The Morgan fingerprint density at radius 2 is 1.79 bits per heavy atom. The molecule has 0 unspecified atom stereocenters. The van der Waals surface area contributed by atoms with Crippen molar-refractivity contribution in [3.8, 4) is 17.2 Å². The van der Waals surface area contributed by atoms with Crippen molar-refractivity contribution in [2.75, 3.05) is 40.1 Å². The summed E-state index contributed by atoms with van der Waals surface area (Å²) in [6.07, 6.45) is 1.76. The molecule has 1 aliphatic heterocycles. The van der Waals surface area contributed by atoms with E-state index in [0.717, 1.165) is 11.3 Å². The summed E-state index contributed by atoms with van der Waals surface area (Å²) in [6.45, 7) is 8.12. The molecule has 3 rings (SSSR count). The van der Waals surface area contributed by atoms with Crippen LogP contribution in [0.25, 0.3) is 6.08 Å². The van der Waals surface area contributed by atoms with E-state index in [4.69, 9.17) is 42.8 Å². The number of halogens is 1. The molecule has 0 aliphatic carbocycles. The average molecular weight is 522 g/mol. The minimum Gasteiger partial charge on any atom is -0.493 e. The highest BCUT2D eigenvalue weighted by Gasteiger charge is 2.30. The van der Waals surface area contributed by atoms with Crippen LogP contribution < -0.4 is 14.2 Å². The number of amides is 1. The van der Waals surface area contributed by atoms with Gasteiger partial charge in [0.15, 0.2) is 11.5 Å². The Morgan fingerprint density at radius 1 is 1.06 bits per heavy atom. The van der Waals surface area contributed by atoms with E-state index in [2.05, 4.69) is 13.8 Å². The minimum atomic E-state index is -0.105. The molecule has 0 radical (unpaired) electrons. The number of ether oxygens (including phenoxy) is 4. The van der Waals surface area contributed by atoms with Gasteiger partial charge in [0.2, 0.25) is 0 Å². The lowest BCUT2D eigenvalue weighted by Crippen LogP contribution is -2.27. The van der Waals surface area contributed by atoms with Gasteiger partial charge in [-0.25, -0.2) is 0 Å². The summed E-state index contributed by atoms with van der Waals surface area (Å²) in [5.41, 5.74) is 3.16. The van der Waals surface area contributed by atoms with E-state index in [1.807, 2.05) is 25.1 Å². The topological polar surface area (TPSA) is 57.2 Å². The first kappa shape index (κ1) is 26.3. The van der Waals surface area contributed by atoms with Crippen molar-refractivity contribution in [3.05, 3.63) is 56.9 Å². The summed E-state index contributed by atoms with van der Waals surface area (Å²) in [6, 6.07) is 9.52. The summed E-state index contributed by atoms with van der Waals surface area (Å²) in [7, 11) is 1.54. The number of thioether (sulfide) groups is 1. The van der Waals surface area contributed by atoms with Gasteiger partial charge in [0.1, 0.15) is 23.3 Å². The highest BCUT2D eigenvalue weighted by molar-refractivity contribution is 8.26. The molecule has 1 saturated heterocycles. The number of thiocarbonyl (C=S) groups is 1. The number of rotatable bonds is 11. The molecule has 9 heteroatoms. The molecular formula is C25H28ClNO5S2. The summed E-state index contributed by atoms with van der Waals surface area (Å²) < 4.78 is 23.1. The van der Waals surface area contributed by atoms with Crippen LogP contribution in [0, 0.1) is 13.8 Å². The first-order valence-electron chi connectivity index (χ1n) is 10.9. The van der Waals surface area contributed by atoms with Gasteiger partial charge < -0.3 is 18.9 Å². The zero-order chi connectivity index (χ0) is 24.7. The molecule has 6 nitrogen and oxygen atoms in total. The molecule has 182 valence electrons. The fraction of sp³-hybridized carbons (Fsp3) is 0.360. The number of aryl methyl sites for hydroxylation is 2. The van der Waals surface area contributed by atoms with Crippen LogP contribution in [0.4, 0.5) is 0 Å². The van der Waals surface area contributed by atoms with Crippen LogP contribution in [0.5, 0.6) is 17.2 Å². The van der Waals surface area contributed by atoms with Crippen molar-refractivity contribution >= 4 is 51.9 Å². The second kappa shape index (κ2) is 12.4. The molecule has 1 amide bonds. The molecule has 0 spiro atoms. The van der Waals surface area contributed by atoms with E-state index >= 15 is 0 Å². The fourth-order valence-corrected chi connectivity index (χ4v) is 4.87. The molecule has 1 fully saturated rings.